The van der Waals surface area contributed by atoms with Gasteiger partial charge in [-0.15, -0.1) is 0 Å². The van der Waals surface area contributed by atoms with E-state index in [9.17, 15) is 13.5 Å². The summed E-state index contributed by atoms with van der Waals surface area (Å²) in [7, 11) is -3.44. The van der Waals surface area contributed by atoms with E-state index >= 15 is 0 Å². The van der Waals surface area contributed by atoms with Crippen molar-refractivity contribution in [3.8, 4) is 5.75 Å². The highest BCUT2D eigenvalue weighted by atomic mass is 32.2. The van der Waals surface area contributed by atoms with Crippen molar-refractivity contribution in [2.75, 3.05) is 5.75 Å². The molecule has 0 unspecified atom stereocenters. The summed E-state index contributed by atoms with van der Waals surface area (Å²) in [6, 6.07) is 11.0. The summed E-state index contributed by atoms with van der Waals surface area (Å²) < 4.78 is 24.0. The van der Waals surface area contributed by atoms with Crippen molar-refractivity contribution in [3.63, 3.8) is 0 Å². The van der Waals surface area contributed by atoms with Crippen molar-refractivity contribution >= 4 is 27.0 Å². The van der Waals surface area contributed by atoms with Crippen LogP contribution < -0.4 is 4.83 Å². The minimum Gasteiger partial charge on any atom is -0.507 e. The van der Waals surface area contributed by atoms with E-state index in [1.165, 1.54) is 31.9 Å². The molecule has 0 aliphatic rings. The number of nitrogens with zero attached hydrogens (tertiary/aromatic N) is 1. The van der Waals surface area contributed by atoms with Gasteiger partial charge in [0.05, 0.1) is 12.0 Å². The maximum Gasteiger partial charge on any atom is 0.247 e. The van der Waals surface area contributed by atoms with Gasteiger partial charge >= 0.3 is 0 Å². The third kappa shape index (κ3) is 6.33. The van der Waals surface area contributed by atoms with Gasteiger partial charge in [0, 0.05) is 5.56 Å². The Balaban J connectivity index is 1.86. The number of phenolic OH excluding ortho intramolecular Hbond substituents is 1. The average Bonchev–Trinajstić information content (AvgIpc) is 2.63. The molecule has 2 aromatic carbocycles. The van der Waals surface area contributed by atoms with E-state index in [0.717, 1.165) is 23.6 Å². The molecule has 26 heavy (non-hydrogen) atoms. The SMILES string of the molecule is CCCCCCCCCS(=O)(=O)NN=Cc1c(O)ccc2ccccc12. The third-order valence-electron chi connectivity index (χ3n) is 4.35. The fraction of sp³-hybridized carbons (Fsp3) is 0.450. The second-order valence-corrected chi connectivity index (χ2v) is 8.33. The molecule has 0 atom stereocenters. The van der Waals surface area contributed by atoms with Gasteiger partial charge in [0.25, 0.3) is 0 Å². The van der Waals surface area contributed by atoms with Crippen LogP contribution in [0.3, 0.4) is 0 Å². The lowest BCUT2D eigenvalue weighted by molar-refractivity contribution is 0.475. The molecule has 0 amide bonds. The van der Waals surface area contributed by atoms with Crippen LogP contribution in [0.4, 0.5) is 0 Å². The van der Waals surface area contributed by atoms with Gasteiger partial charge < -0.3 is 5.11 Å². The largest absolute Gasteiger partial charge is 0.507 e. The quantitative estimate of drug-likeness (QED) is 0.343. The number of rotatable bonds is 11. The predicted molar refractivity (Wildman–Crippen MR) is 108 cm³/mol. The molecule has 2 rings (SSSR count). The Morgan fingerprint density at radius 3 is 2.46 bits per heavy atom. The normalized spacial score (nSPS) is 12.0. The summed E-state index contributed by atoms with van der Waals surface area (Å²) in [6.07, 6.45) is 8.83. The van der Waals surface area contributed by atoms with Crippen molar-refractivity contribution in [2.45, 2.75) is 51.9 Å². The highest BCUT2D eigenvalue weighted by Gasteiger charge is 2.09. The Bertz CT molecular complexity index is 832. The van der Waals surface area contributed by atoms with Crippen LogP contribution in [0.1, 0.15) is 57.4 Å². The molecule has 0 radical (unpaired) electrons. The highest BCUT2D eigenvalue weighted by molar-refractivity contribution is 7.89. The lowest BCUT2D eigenvalue weighted by atomic mass is 10.0. The first-order chi connectivity index (χ1) is 12.5. The standard InChI is InChI=1S/C20H28N2O3S/c1-2-3-4-5-6-7-10-15-26(24,25)22-21-16-19-18-12-9-8-11-17(18)13-14-20(19)23/h8-9,11-14,16,22-23H,2-7,10,15H2,1H3. The maximum atomic E-state index is 12.0. The van der Waals surface area contributed by atoms with Crippen molar-refractivity contribution in [2.24, 2.45) is 5.10 Å². The molecule has 0 spiro atoms. The number of nitrogens with one attached hydrogen (secondary N) is 1. The Hall–Kier alpha value is -2.08. The summed E-state index contributed by atoms with van der Waals surface area (Å²) in [5.41, 5.74) is 0.502. The molecule has 0 saturated heterocycles. The maximum absolute atomic E-state index is 12.0. The molecule has 0 bridgehead atoms. The Kier molecular flexibility index (Phi) is 7.91. The average molecular weight is 377 g/mol. The summed E-state index contributed by atoms with van der Waals surface area (Å²) in [5.74, 6) is 0.137. The van der Waals surface area contributed by atoms with Gasteiger partial charge in [0.15, 0.2) is 0 Å². The number of benzene rings is 2. The predicted octanol–water partition coefficient (Wildman–Crippen LogP) is 4.55. The van der Waals surface area contributed by atoms with E-state index in [0.29, 0.717) is 12.0 Å². The number of hydrazone groups is 1. The van der Waals surface area contributed by atoms with Crippen molar-refractivity contribution in [3.05, 3.63) is 42.0 Å². The number of unbranched alkanes of at least 4 members (excludes halogenated alkanes) is 6. The number of aromatic hydroxyl groups is 1. The first kappa shape index (κ1) is 20.2. The number of sulfonamides is 1. The van der Waals surface area contributed by atoms with Crippen LogP contribution in [0, 0.1) is 0 Å². The molecule has 0 fully saturated rings. The molecule has 0 aliphatic heterocycles. The second-order valence-electron chi connectivity index (χ2n) is 6.51. The van der Waals surface area contributed by atoms with Crippen molar-refractivity contribution in [1.82, 2.24) is 4.83 Å². The van der Waals surface area contributed by atoms with Crippen LogP contribution in [-0.4, -0.2) is 25.5 Å². The Morgan fingerprint density at radius 1 is 1.00 bits per heavy atom. The molecule has 142 valence electrons. The molecule has 5 nitrogen and oxygen atoms in total. The summed E-state index contributed by atoms with van der Waals surface area (Å²) >= 11 is 0. The van der Waals surface area contributed by atoms with Crippen LogP contribution >= 0.6 is 0 Å². The van der Waals surface area contributed by atoms with Crippen molar-refractivity contribution in [1.29, 1.82) is 0 Å². The Morgan fingerprint density at radius 2 is 1.69 bits per heavy atom. The molecule has 0 heterocycles. The fourth-order valence-corrected chi connectivity index (χ4v) is 3.77. The van der Waals surface area contributed by atoms with Gasteiger partial charge in [0.2, 0.25) is 10.0 Å². The molecule has 0 saturated carbocycles. The minimum absolute atomic E-state index is 0.0683. The number of fused-ring (bicyclic) bond motifs is 1. The fourth-order valence-electron chi connectivity index (χ4n) is 2.89. The number of hydrogen-bond donors (Lipinski definition) is 2. The zero-order valence-corrected chi connectivity index (χ0v) is 16.1. The van der Waals surface area contributed by atoms with E-state index in [-0.39, 0.29) is 11.5 Å². The van der Waals surface area contributed by atoms with Crippen LogP contribution in [0.2, 0.25) is 0 Å². The van der Waals surface area contributed by atoms with E-state index in [1.807, 2.05) is 30.3 Å². The van der Waals surface area contributed by atoms with E-state index in [1.54, 1.807) is 6.07 Å². The van der Waals surface area contributed by atoms with Crippen LogP contribution in [-0.2, 0) is 10.0 Å². The molecular formula is C20H28N2O3S. The van der Waals surface area contributed by atoms with Gasteiger partial charge in [0.1, 0.15) is 5.75 Å². The van der Waals surface area contributed by atoms with Gasteiger partial charge in [-0.2, -0.15) is 5.10 Å². The van der Waals surface area contributed by atoms with Gasteiger partial charge in [-0.1, -0.05) is 75.8 Å². The van der Waals surface area contributed by atoms with Gasteiger partial charge in [-0.05, 0) is 23.3 Å². The van der Waals surface area contributed by atoms with E-state index < -0.39 is 10.0 Å². The van der Waals surface area contributed by atoms with E-state index in [2.05, 4.69) is 16.9 Å². The van der Waals surface area contributed by atoms with Crippen LogP contribution in [0.15, 0.2) is 41.5 Å². The highest BCUT2D eigenvalue weighted by Crippen LogP contribution is 2.25. The lowest BCUT2D eigenvalue weighted by Crippen LogP contribution is -2.21. The summed E-state index contributed by atoms with van der Waals surface area (Å²) in [5, 5.41) is 15.7. The second kappa shape index (κ2) is 10.2. The summed E-state index contributed by atoms with van der Waals surface area (Å²) in [4.78, 5) is 2.24. The Labute approximate surface area is 156 Å². The summed E-state index contributed by atoms with van der Waals surface area (Å²) in [6.45, 7) is 2.18. The van der Waals surface area contributed by atoms with Gasteiger partial charge in [-0.25, -0.2) is 13.2 Å². The first-order valence-corrected chi connectivity index (χ1v) is 10.9. The van der Waals surface area contributed by atoms with Crippen LogP contribution in [0.25, 0.3) is 10.8 Å². The molecule has 6 heteroatoms. The molecule has 0 aliphatic carbocycles. The molecular weight excluding hydrogens is 348 g/mol. The van der Waals surface area contributed by atoms with Crippen molar-refractivity contribution < 1.29 is 13.5 Å². The first-order valence-electron chi connectivity index (χ1n) is 9.27. The monoisotopic (exact) mass is 376 g/mol. The topological polar surface area (TPSA) is 78.8 Å². The minimum atomic E-state index is -3.44. The number of phenols is 1. The van der Waals surface area contributed by atoms with Gasteiger partial charge in [-0.3, -0.25) is 0 Å². The van der Waals surface area contributed by atoms with Crippen LogP contribution in [0.5, 0.6) is 5.75 Å². The van der Waals surface area contributed by atoms with E-state index in [4.69, 9.17) is 0 Å². The zero-order valence-electron chi connectivity index (χ0n) is 15.3. The molecule has 2 N–H and O–H groups in total. The number of hydrogen-bond acceptors (Lipinski definition) is 4. The molecule has 0 aromatic heterocycles. The zero-order chi connectivity index (χ0) is 18.8. The lowest BCUT2D eigenvalue weighted by Gasteiger charge is -2.06. The third-order valence-corrected chi connectivity index (χ3v) is 5.56. The smallest absolute Gasteiger partial charge is 0.247 e. The molecule has 2 aromatic rings.